The van der Waals surface area contributed by atoms with Crippen LogP contribution in [-0.2, 0) is 16.0 Å². The summed E-state index contributed by atoms with van der Waals surface area (Å²) < 4.78 is 10.8. The zero-order chi connectivity index (χ0) is 21.4. The third-order valence-corrected chi connectivity index (χ3v) is 4.65. The second-order valence-electron chi connectivity index (χ2n) is 7.51. The Morgan fingerprint density at radius 3 is 2.27 bits per heavy atom. The van der Waals surface area contributed by atoms with E-state index in [-0.39, 0.29) is 24.2 Å². The average Bonchev–Trinajstić information content (AvgIpc) is 2.69. The van der Waals surface area contributed by atoms with Gasteiger partial charge in [0.15, 0.2) is 5.60 Å². The molecule has 0 bridgehead atoms. The SMILES string of the molecule is CCOC(=O)C(C)(C)Oc1ccc(CCNC(C)C(O)c2ccc(O)cc2)cc1.Cl. The highest BCUT2D eigenvalue weighted by Gasteiger charge is 2.31. The van der Waals surface area contributed by atoms with Crippen molar-refractivity contribution in [2.24, 2.45) is 0 Å². The van der Waals surface area contributed by atoms with E-state index in [1.165, 1.54) is 0 Å². The van der Waals surface area contributed by atoms with Crippen LogP contribution >= 0.6 is 12.4 Å². The lowest BCUT2D eigenvalue weighted by Gasteiger charge is -2.24. The van der Waals surface area contributed by atoms with Crippen LogP contribution < -0.4 is 10.1 Å². The van der Waals surface area contributed by atoms with Gasteiger partial charge in [0.05, 0.1) is 12.7 Å². The minimum Gasteiger partial charge on any atom is -0.508 e. The van der Waals surface area contributed by atoms with Gasteiger partial charge < -0.3 is 25.0 Å². The predicted octanol–water partition coefficient (Wildman–Crippen LogP) is 3.79. The molecule has 0 aliphatic carbocycles. The Morgan fingerprint density at radius 1 is 1.10 bits per heavy atom. The van der Waals surface area contributed by atoms with Crippen molar-refractivity contribution in [1.29, 1.82) is 0 Å². The lowest BCUT2D eigenvalue weighted by Crippen LogP contribution is -2.39. The van der Waals surface area contributed by atoms with Crippen molar-refractivity contribution in [2.45, 2.75) is 51.9 Å². The summed E-state index contributed by atoms with van der Waals surface area (Å²) in [5, 5.41) is 23.1. The molecule has 0 spiro atoms. The van der Waals surface area contributed by atoms with Crippen LogP contribution in [0.25, 0.3) is 0 Å². The van der Waals surface area contributed by atoms with E-state index in [4.69, 9.17) is 9.47 Å². The Kier molecular flexibility index (Phi) is 10.1. The summed E-state index contributed by atoms with van der Waals surface area (Å²) in [5.41, 5.74) is 0.831. The van der Waals surface area contributed by atoms with Crippen molar-refractivity contribution in [2.75, 3.05) is 13.2 Å². The fraction of sp³-hybridized carbons (Fsp3) is 0.435. The van der Waals surface area contributed by atoms with Crippen LogP contribution in [0.4, 0.5) is 0 Å². The van der Waals surface area contributed by atoms with E-state index in [2.05, 4.69) is 5.32 Å². The van der Waals surface area contributed by atoms with E-state index in [0.29, 0.717) is 18.9 Å². The van der Waals surface area contributed by atoms with Crippen LogP contribution in [0.15, 0.2) is 48.5 Å². The van der Waals surface area contributed by atoms with Crippen LogP contribution in [0, 0.1) is 0 Å². The minimum atomic E-state index is -1.04. The molecule has 0 aliphatic heterocycles. The summed E-state index contributed by atoms with van der Waals surface area (Å²) in [4.78, 5) is 11.9. The van der Waals surface area contributed by atoms with Gasteiger partial charge in [-0.3, -0.25) is 0 Å². The number of halogens is 1. The molecule has 0 saturated carbocycles. The van der Waals surface area contributed by atoms with Crippen molar-refractivity contribution in [1.82, 2.24) is 5.32 Å². The number of hydrogen-bond donors (Lipinski definition) is 3. The Hall–Kier alpha value is -2.28. The number of hydrogen-bond acceptors (Lipinski definition) is 6. The number of aliphatic hydroxyl groups excluding tert-OH is 1. The van der Waals surface area contributed by atoms with Gasteiger partial charge in [0, 0.05) is 6.04 Å². The largest absolute Gasteiger partial charge is 0.508 e. The molecule has 2 aromatic rings. The second kappa shape index (κ2) is 11.8. The van der Waals surface area contributed by atoms with Crippen molar-refractivity contribution < 1.29 is 24.5 Å². The monoisotopic (exact) mass is 437 g/mol. The maximum atomic E-state index is 11.9. The van der Waals surface area contributed by atoms with Crippen LogP contribution in [0.2, 0.25) is 0 Å². The number of aliphatic hydroxyl groups is 1. The van der Waals surface area contributed by atoms with Crippen LogP contribution in [-0.4, -0.2) is 41.0 Å². The highest BCUT2D eigenvalue weighted by Crippen LogP contribution is 2.21. The van der Waals surface area contributed by atoms with Gasteiger partial charge in [-0.2, -0.15) is 0 Å². The molecule has 6 nitrogen and oxygen atoms in total. The number of rotatable bonds is 10. The highest BCUT2D eigenvalue weighted by atomic mass is 35.5. The molecule has 2 rings (SSSR count). The molecule has 0 radical (unpaired) electrons. The molecule has 0 aromatic heterocycles. The third-order valence-electron chi connectivity index (χ3n) is 4.65. The Labute approximate surface area is 184 Å². The molecule has 166 valence electrons. The fourth-order valence-electron chi connectivity index (χ4n) is 2.88. The van der Waals surface area contributed by atoms with E-state index in [0.717, 1.165) is 17.5 Å². The number of carbonyl (C=O) groups excluding carboxylic acids is 1. The van der Waals surface area contributed by atoms with Crippen LogP contribution in [0.3, 0.4) is 0 Å². The molecule has 2 atom stereocenters. The molecular weight excluding hydrogens is 406 g/mol. The fourth-order valence-corrected chi connectivity index (χ4v) is 2.88. The Balaban J connectivity index is 0.00000450. The number of phenolic OH excluding ortho intramolecular Hbond substituents is 1. The molecule has 7 heteroatoms. The van der Waals surface area contributed by atoms with Crippen LogP contribution in [0.5, 0.6) is 11.5 Å². The van der Waals surface area contributed by atoms with Gasteiger partial charge >= 0.3 is 5.97 Å². The number of nitrogens with one attached hydrogen (secondary N) is 1. The lowest BCUT2D eigenvalue weighted by molar-refractivity contribution is -0.158. The summed E-state index contributed by atoms with van der Waals surface area (Å²) >= 11 is 0. The smallest absolute Gasteiger partial charge is 0.349 e. The van der Waals surface area contributed by atoms with Gasteiger partial charge in [0.1, 0.15) is 11.5 Å². The first-order chi connectivity index (χ1) is 13.7. The van der Waals surface area contributed by atoms with Gasteiger partial charge in [-0.1, -0.05) is 24.3 Å². The number of carbonyl (C=O) groups is 1. The lowest BCUT2D eigenvalue weighted by atomic mass is 10.0. The number of ether oxygens (including phenoxy) is 2. The summed E-state index contributed by atoms with van der Waals surface area (Å²) in [6.45, 7) is 8.07. The Morgan fingerprint density at radius 2 is 1.70 bits per heavy atom. The van der Waals surface area contributed by atoms with E-state index in [1.54, 1.807) is 45.0 Å². The van der Waals surface area contributed by atoms with Crippen molar-refractivity contribution in [3.05, 3.63) is 59.7 Å². The molecule has 3 N–H and O–H groups in total. The standard InChI is InChI=1S/C23H31NO5.ClH/c1-5-28-22(27)23(3,4)29-20-12-6-17(7-13-20)14-15-24-16(2)21(26)18-8-10-19(25)11-9-18;/h6-13,16,21,24-26H,5,14-15H2,1-4H3;1H. The second-order valence-corrected chi connectivity index (χ2v) is 7.51. The number of esters is 1. The molecule has 0 heterocycles. The first-order valence-electron chi connectivity index (χ1n) is 9.88. The van der Waals surface area contributed by atoms with Crippen molar-refractivity contribution in [3.63, 3.8) is 0 Å². The summed E-state index contributed by atoms with van der Waals surface area (Å²) in [6, 6.07) is 14.0. The van der Waals surface area contributed by atoms with Crippen molar-refractivity contribution in [3.8, 4) is 11.5 Å². The molecule has 2 aromatic carbocycles. The molecular formula is C23H32ClNO5. The van der Waals surface area contributed by atoms with Gasteiger partial charge in [-0.25, -0.2) is 4.79 Å². The number of aromatic hydroxyl groups is 1. The van der Waals surface area contributed by atoms with E-state index >= 15 is 0 Å². The summed E-state index contributed by atoms with van der Waals surface area (Å²) in [5.74, 6) is 0.393. The molecule has 0 aliphatic rings. The maximum absolute atomic E-state index is 11.9. The molecule has 30 heavy (non-hydrogen) atoms. The number of phenols is 1. The summed E-state index contributed by atoms with van der Waals surface area (Å²) in [6.07, 6.45) is 0.130. The van der Waals surface area contributed by atoms with Gasteiger partial charge in [0.25, 0.3) is 0 Å². The van der Waals surface area contributed by atoms with Gasteiger partial charge in [-0.15, -0.1) is 12.4 Å². The zero-order valence-electron chi connectivity index (χ0n) is 17.9. The van der Waals surface area contributed by atoms with Gasteiger partial charge in [-0.05, 0) is 76.1 Å². The quantitative estimate of drug-likeness (QED) is 0.490. The molecule has 0 fully saturated rings. The third kappa shape index (κ3) is 7.52. The first kappa shape index (κ1) is 25.8. The maximum Gasteiger partial charge on any atom is 0.349 e. The van der Waals surface area contributed by atoms with E-state index < -0.39 is 17.7 Å². The van der Waals surface area contributed by atoms with Crippen molar-refractivity contribution >= 4 is 18.4 Å². The summed E-state index contributed by atoms with van der Waals surface area (Å²) in [7, 11) is 0. The number of benzene rings is 2. The van der Waals surface area contributed by atoms with Crippen LogP contribution in [0.1, 0.15) is 44.9 Å². The zero-order valence-corrected chi connectivity index (χ0v) is 18.7. The predicted molar refractivity (Wildman–Crippen MR) is 119 cm³/mol. The topological polar surface area (TPSA) is 88.0 Å². The average molecular weight is 438 g/mol. The highest BCUT2D eigenvalue weighted by molar-refractivity contribution is 5.85. The molecule has 0 saturated heterocycles. The first-order valence-corrected chi connectivity index (χ1v) is 9.88. The van der Waals surface area contributed by atoms with E-state index in [9.17, 15) is 15.0 Å². The normalized spacial score (nSPS) is 13.1. The van der Waals surface area contributed by atoms with Gasteiger partial charge in [0.2, 0.25) is 0 Å². The molecule has 2 unspecified atom stereocenters. The van der Waals surface area contributed by atoms with E-state index in [1.807, 2.05) is 31.2 Å². The Bertz CT molecular complexity index is 777. The molecule has 0 amide bonds. The minimum absolute atomic E-state index is 0.